The molecular weight excluding hydrogens is 238 g/mol. The van der Waals surface area contributed by atoms with Gasteiger partial charge in [0, 0.05) is 13.1 Å². The van der Waals surface area contributed by atoms with Crippen molar-refractivity contribution in [3.05, 3.63) is 16.3 Å². The summed E-state index contributed by atoms with van der Waals surface area (Å²) in [5.41, 5.74) is 5.21. The van der Waals surface area contributed by atoms with Gasteiger partial charge in [0.2, 0.25) is 11.8 Å². The first-order valence-corrected chi connectivity index (χ1v) is 5.69. The average Bonchev–Trinajstić information content (AvgIpc) is 2.32. The molecule has 0 radical (unpaired) electrons. The highest BCUT2D eigenvalue weighted by Crippen LogP contribution is 2.24. The van der Waals surface area contributed by atoms with E-state index >= 15 is 0 Å². The SMILES string of the molecule is CC1CCN(c2ncc([N+](=O)[O-])c(N)n2)CC1O. The normalized spacial score (nSPS) is 24.0. The van der Waals surface area contributed by atoms with Crippen molar-refractivity contribution in [3.8, 4) is 0 Å². The van der Waals surface area contributed by atoms with E-state index in [0.29, 0.717) is 19.0 Å². The number of β-amino-alcohol motifs (C(OH)–C–C–N with tert-alkyl or cyclic N) is 1. The number of nitrogen functional groups attached to an aromatic ring is 1. The fourth-order valence-electron chi connectivity index (χ4n) is 1.90. The van der Waals surface area contributed by atoms with Crippen LogP contribution >= 0.6 is 0 Å². The lowest BCUT2D eigenvalue weighted by molar-refractivity contribution is -0.384. The van der Waals surface area contributed by atoms with Gasteiger partial charge in [-0.25, -0.2) is 4.98 Å². The van der Waals surface area contributed by atoms with Crippen LogP contribution in [-0.4, -0.2) is 39.2 Å². The molecule has 1 saturated heterocycles. The molecule has 0 amide bonds. The summed E-state index contributed by atoms with van der Waals surface area (Å²) in [5.74, 6) is 0.402. The highest BCUT2D eigenvalue weighted by molar-refractivity contribution is 5.53. The first-order valence-electron chi connectivity index (χ1n) is 5.69. The van der Waals surface area contributed by atoms with E-state index in [1.807, 2.05) is 6.92 Å². The first kappa shape index (κ1) is 12.5. The number of nitrogens with zero attached hydrogens (tertiary/aromatic N) is 4. The molecule has 1 aromatic rings. The number of hydrogen-bond donors (Lipinski definition) is 2. The maximum absolute atomic E-state index is 10.6. The third-order valence-corrected chi connectivity index (χ3v) is 3.18. The van der Waals surface area contributed by atoms with E-state index in [1.165, 1.54) is 0 Å². The van der Waals surface area contributed by atoms with Crippen molar-refractivity contribution < 1.29 is 10.0 Å². The molecule has 0 saturated carbocycles. The number of nitro groups is 1. The van der Waals surface area contributed by atoms with Gasteiger partial charge in [0.25, 0.3) is 0 Å². The highest BCUT2D eigenvalue weighted by atomic mass is 16.6. The maximum Gasteiger partial charge on any atom is 0.329 e. The Morgan fingerprint density at radius 3 is 2.94 bits per heavy atom. The van der Waals surface area contributed by atoms with Crippen molar-refractivity contribution in [1.82, 2.24) is 9.97 Å². The quantitative estimate of drug-likeness (QED) is 0.569. The Hall–Kier alpha value is -1.96. The third-order valence-electron chi connectivity index (χ3n) is 3.18. The Bertz CT molecular complexity index is 467. The van der Waals surface area contributed by atoms with Gasteiger partial charge in [0.05, 0.1) is 11.0 Å². The van der Waals surface area contributed by atoms with Crippen LogP contribution in [0.25, 0.3) is 0 Å². The highest BCUT2D eigenvalue weighted by Gasteiger charge is 2.26. The van der Waals surface area contributed by atoms with Gasteiger partial charge in [-0.15, -0.1) is 0 Å². The van der Waals surface area contributed by atoms with Gasteiger partial charge >= 0.3 is 5.69 Å². The number of anilines is 2. The summed E-state index contributed by atoms with van der Waals surface area (Å²) >= 11 is 0. The van der Waals surface area contributed by atoms with Gasteiger partial charge in [-0.05, 0) is 12.3 Å². The largest absolute Gasteiger partial charge is 0.391 e. The monoisotopic (exact) mass is 253 g/mol. The molecule has 98 valence electrons. The molecule has 1 aromatic heterocycles. The Kier molecular flexibility index (Phi) is 3.28. The molecule has 2 atom stereocenters. The molecule has 1 aliphatic rings. The van der Waals surface area contributed by atoms with Gasteiger partial charge < -0.3 is 15.7 Å². The average molecular weight is 253 g/mol. The Morgan fingerprint density at radius 1 is 1.67 bits per heavy atom. The molecule has 2 rings (SSSR count). The van der Waals surface area contributed by atoms with Crippen LogP contribution in [0.5, 0.6) is 0 Å². The first-order chi connectivity index (χ1) is 8.49. The Morgan fingerprint density at radius 2 is 2.39 bits per heavy atom. The second kappa shape index (κ2) is 4.73. The number of nitrogens with two attached hydrogens (primary N) is 1. The summed E-state index contributed by atoms with van der Waals surface area (Å²) in [4.78, 5) is 19.6. The van der Waals surface area contributed by atoms with Crippen molar-refractivity contribution in [2.24, 2.45) is 5.92 Å². The molecule has 0 spiro atoms. The van der Waals surface area contributed by atoms with Crippen LogP contribution in [0.1, 0.15) is 13.3 Å². The van der Waals surface area contributed by atoms with Crippen LogP contribution in [-0.2, 0) is 0 Å². The van der Waals surface area contributed by atoms with E-state index in [1.54, 1.807) is 4.90 Å². The summed E-state index contributed by atoms with van der Waals surface area (Å²) in [7, 11) is 0. The molecule has 18 heavy (non-hydrogen) atoms. The van der Waals surface area contributed by atoms with Gasteiger partial charge in [-0.2, -0.15) is 4.98 Å². The van der Waals surface area contributed by atoms with Gasteiger partial charge in [0.15, 0.2) is 0 Å². The molecule has 2 unspecified atom stereocenters. The summed E-state index contributed by atoms with van der Waals surface area (Å²) in [6, 6.07) is 0. The van der Waals surface area contributed by atoms with Crippen molar-refractivity contribution in [2.75, 3.05) is 23.7 Å². The molecule has 1 fully saturated rings. The number of aromatic nitrogens is 2. The zero-order chi connectivity index (χ0) is 13.3. The smallest absolute Gasteiger partial charge is 0.329 e. The number of aliphatic hydroxyl groups excluding tert-OH is 1. The number of rotatable bonds is 2. The van der Waals surface area contributed by atoms with Gasteiger partial charge in [0.1, 0.15) is 6.20 Å². The second-order valence-electron chi connectivity index (χ2n) is 4.48. The zero-order valence-electron chi connectivity index (χ0n) is 9.98. The van der Waals surface area contributed by atoms with E-state index < -0.39 is 11.0 Å². The number of aliphatic hydroxyl groups is 1. The second-order valence-corrected chi connectivity index (χ2v) is 4.48. The fraction of sp³-hybridized carbons (Fsp3) is 0.600. The molecule has 1 aliphatic heterocycles. The topological polar surface area (TPSA) is 118 Å². The molecule has 2 heterocycles. The van der Waals surface area contributed by atoms with Crippen LogP contribution in [0, 0.1) is 16.0 Å². The van der Waals surface area contributed by atoms with Crippen molar-refractivity contribution >= 4 is 17.5 Å². The van der Waals surface area contributed by atoms with E-state index in [-0.39, 0.29) is 17.4 Å². The third kappa shape index (κ3) is 2.33. The Balaban J connectivity index is 2.19. The summed E-state index contributed by atoms with van der Waals surface area (Å²) in [6.45, 7) is 3.10. The lowest BCUT2D eigenvalue weighted by Gasteiger charge is -2.34. The molecule has 0 aromatic carbocycles. The summed E-state index contributed by atoms with van der Waals surface area (Å²) < 4.78 is 0. The predicted molar refractivity (Wildman–Crippen MR) is 65.1 cm³/mol. The molecular formula is C10H15N5O3. The van der Waals surface area contributed by atoms with Gasteiger partial charge in [-0.1, -0.05) is 6.92 Å². The molecule has 3 N–H and O–H groups in total. The van der Waals surface area contributed by atoms with Crippen LogP contribution in [0.2, 0.25) is 0 Å². The Labute approximate surface area is 104 Å². The maximum atomic E-state index is 10.6. The molecule has 8 nitrogen and oxygen atoms in total. The molecule has 8 heteroatoms. The minimum absolute atomic E-state index is 0.155. The minimum Gasteiger partial charge on any atom is -0.391 e. The van der Waals surface area contributed by atoms with Crippen LogP contribution in [0.4, 0.5) is 17.5 Å². The standard InChI is InChI=1S/C10H15N5O3/c1-6-2-3-14(5-8(6)16)10-12-4-7(15(17)18)9(11)13-10/h4,6,8,16H,2-3,5H2,1H3,(H2,11,12,13). The van der Waals surface area contributed by atoms with E-state index in [9.17, 15) is 15.2 Å². The minimum atomic E-state index is -0.619. The predicted octanol–water partition coefficient (Wildman–Crippen LogP) is 0.174. The summed E-state index contributed by atoms with van der Waals surface area (Å²) in [5, 5.41) is 20.4. The molecule has 0 bridgehead atoms. The lowest BCUT2D eigenvalue weighted by Crippen LogP contribution is -2.43. The van der Waals surface area contributed by atoms with E-state index in [2.05, 4.69) is 9.97 Å². The van der Waals surface area contributed by atoms with Crippen molar-refractivity contribution in [1.29, 1.82) is 0 Å². The number of hydrogen-bond acceptors (Lipinski definition) is 7. The van der Waals surface area contributed by atoms with Crippen LogP contribution < -0.4 is 10.6 Å². The van der Waals surface area contributed by atoms with Crippen LogP contribution in [0.3, 0.4) is 0 Å². The lowest BCUT2D eigenvalue weighted by atomic mass is 9.96. The van der Waals surface area contributed by atoms with E-state index in [4.69, 9.17) is 5.73 Å². The van der Waals surface area contributed by atoms with Crippen molar-refractivity contribution in [2.45, 2.75) is 19.4 Å². The van der Waals surface area contributed by atoms with Crippen molar-refractivity contribution in [3.63, 3.8) is 0 Å². The number of piperidine rings is 1. The fourth-order valence-corrected chi connectivity index (χ4v) is 1.90. The summed E-state index contributed by atoms with van der Waals surface area (Å²) in [6.07, 6.45) is 1.47. The van der Waals surface area contributed by atoms with Crippen LogP contribution in [0.15, 0.2) is 6.20 Å². The zero-order valence-corrected chi connectivity index (χ0v) is 9.98. The van der Waals surface area contributed by atoms with E-state index in [0.717, 1.165) is 12.6 Å². The van der Waals surface area contributed by atoms with Gasteiger partial charge in [-0.3, -0.25) is 10.1 Å². The molecule has 0 aliphatic carbocycles.